The first kappa shape index (κ1) is 16.8. The van der Waals surface area contributed by atoms with E-state index in [2.05, 4.69) is 29.3 Å². The van der Waals surface area contributed by atoms with Crippen molar-refractivity contribution < 1.29 is 9.21 Å². The SMILES string of the molecule is CCCC(=Cc1nnc(-c2ccc(C=O)cc2C)o1)c1ccccc1. The van der Waals surface area contributed by atoms with Crippen molar-refractivity contribution in [3.05, 3.63) is 71.1 Å². The van der Waals surface area contributed by atoms with Crippen LogP contribution >= 0.6 is 0 Å². The van der Waals surface area contributed by atoms with Crippen LogP contribution in [0.1, 0.15) is 47.1 Å². The monoisotopic (exact) mass is 332 g/mol. The topological polar surface area (TPSA) is 56.0 Å². The van der Waals surface area contributed by atoms with Crippen LogP contribution in [-0.2, 0) is 0 Å². The van der Waals surface area contributed by atoms with Gasteiger partial charge in [-0.3, -0.25) is 4.79 Å². The number of carbonyl (C=O) groups is 1. The van der Waals surface area contributed by atoms with Crippen LogP contribution in [0.3, 0.4) is 0 Å². The van der Waals surface area contributed by atoms with Gasteiger partial charge in [-0.1, -0.05) is 49.7 Å². The number of hydrogen-bond acceptors (Lipinski definition) is 4. The van der Waals surface area contributed by atoms with Crippen molar-refractivity contribution in [1.82, 2.24) is 10.2 Å². The number of allylic oxidation sites excluding steroid dienone is 1. The van der Waals surface area contributed by atoms with Gasteiger partial charge < -0.3 is 4.42 Å². The minimum absolute atomic E-state index is 0.463. The van der Waals surface area contributed by atoms with E-state index < -0.39 is 0 Å². The molecule has 4 nitrogen and oxygen atoms in total. The second kappa shape index (κ2) is 7.71. The normalized spacial score (nSPS) is 11.5. The van der Waals surface area contributed by atoms with E-state index in [0.717, 1.165) is 35.8 Å². The quantitative estimate of drug-likeness (QED) is 0.582. The summed E-state index contributed by atoms with van der Waals surface area (Å²) in [6, 6.07) is 15.6. The predicted octanol–water partition coefficient (Wildman–Crippen LogP) is 5.20. The average Bonchev–Trinajstić information content (AvgIpc) is 3.10. The molecule has 0 unspecified atom stereocenters. The zero-order chi connectivity index (χ0) is 17.6. The maximum Gasteiger partial charge on any atom is 0.248 e. The second-order valence-corrected chi connectivity index (χ2v) is 5.92. The minimum Gasteiger partial charge on any atom is -0.417 e. The van der Waals surface area contributed by atoms with Gasteiger partial charge in [-0.25, -0.2) is 0 Å². The Hall–Kier alpha value is -3.01. The van der Waals surface area contributed by atoms with E-state index in [1.165, 1.54) is 5.57 Å². The highest BCUT2D eigenvalue weighted by molar-refractivity contribution is 5.80. The lowest BCUT2D eigenvalue weighted by Gasteiger charge is -2.05. The molecule has 0 amide bonds. The van der Waals surface area contributed by atoms with Crippen LogP contribution in [0.5, 0.6) is 0 Å². The summed E-state index contributed by atoms with van der Waals surface area (Å²) in [6.45, 7) is 4.07. The number of aromatic nitrogens is 2. The second-order valence-electron chi connectivity index (χ2n) is 5.92. The molecule has 1 heterocycles. The van der Waals surface area contributed by atoms with Crippen molar-refractivity contribution in [1.29, 1.82) is 0 Å². The van der Waals surface area contributed by atoms with Crippen molar-refractivity contribution in [2.75, 3.05) is 0 Å². The van der Waals surface area contributed by atoms with Gasteiger partial charge in [0.2, 0.25) is 11.8 Å². The summed E-state index contributed by atoms with van der Waals surface area (Å²) in [6.07, 6.45) is 4.75. The van der Waals surface area contributed by atoms with Gasteiger partial charge in [0.05, 0.1) is 0 Å². The summed E-state index contributed by atoms with van der Waals surface area (Å²) in [5, 5.41) is 8.32. The van der Waals surface area contributed by atoms with Crippen LogP contribution in [0.15, 0.2) is 52.9 Å². The van der Waals surface area contributed by atoms with Gasteiger partial charge in [0, 0.05) is 17.2 Å². The fraction of sp³-hybridized carbons (Fsp3) is 0.190. The van der Waals surface area contributed by atoms with E-state index in [9.17, 15) is 4.79 Å². The molecule has 0 saturated heterocycles. The average molecular weight is 332 g/mol. The fourth-order valence-electron chi connectivity index (χ4n) is 2.77. The van der Waals surface area contributed by atoms with E-state index in [1.54, 1.807) is 6.07 Å². The fourth-order valence-corrected chi connectivity index (χ4v) is 2.77. The third-order valence-electron chi connectivity index (χ3n) is 4.02. The molecular formula is C21H20N2O2. The zero-order valence-corrected chi connectivity index (χ0v) is 14.4. The molecule has 1 aromatic heterocycles. The number of rotatable bonds is 6. The van der Waals surface area contributed by atoms with E-state index in [4.69, 9.17) is 4.42 Å². The molecule has 4 heteroatoms. The van der Waals surface area contributed by atoms with Crippen LogP contribution in [0.2, 0.25) is 0 Å². The maximum absolute atomic E-state index is 10.9. The van der Waals surface area contributed by atoms with E-state index in [-0.39, 0.29) is 0 Å². The molecule has 3 aromatic rings. The highest BCUT2D eigenvalue weighted by atomic mass is 16.4. The molecule has 0 saturated carbocycles. The summed E-state index contributed by atoms with van der Waals surface area (Å²) in [4.78, 5) is 10.9. The van der Waals surface area contributed by atoms with Crippen LogP contribution in [0.4, 0.5) is 0 Å². The van der Waals surface area contributed by atoms with Crippen LogP contribution in [0, 0.1) is 6.92 Å². The number of nitrogens with zero attached hydrogens (tertiary/aromatic N) is 2. The minimum atomic E-state index is 0.463. The first-order valence-corrected chi connectivity index (χ1v) is 8.37. The Morgan fingerprint density at radius 2 is 1.92 bits per heavy atom. The third-order valence-corrected chi connectivity index (χ3v) is 4.02. The van der Waals surface area contributed by atoms with Crippen LogP contribution < -0.4 is 0 Å². The summed E-state index contributed by atoms with van der Waals surface area (Å²) >= 11 is 0. The molecule has 2 aromatic carbocycles. The Morgan fingerprint density at radius 3 is 2.60 bits per heavy atom. The molecule has 126 valence electrons. The standard InChI is InChI=1S/C21H20N2O2/c1-3-7-18(17-8-5-4-6-9-17)13-20-22-23-21(25-20)19-11-10-16(14-24)12-15(19)2/h4-6,8-14H,3,7H2,1-2H3. The lowest BCUT2D eigenvalue weighted by molar-refractivity contribution is 0.112. The van der Waals surface area contributed by atoms with Gasteiger partial charge in [-0.2, -0.15) is 0 Å². The number of hydrogen-bond donors (Lipinski definition) is 0. The smallest absolute Gasteiger partial charge is 0.248 e. The van der Waals surface area contributed by atoms with Crippen LogP contribution in [-0.4, -0.2) is 16.5 Å². The van der Waals surface area contributed by atoms with Crippen molar-refractivity contribution in [3.63, 3.8) is 0 Å². The van der Waals surface area contributed by atoms with Crippen LogP contribution in [0.25, 0.3) is 23.1 Å². The van der Waals surface area contributed by atoms with E-state index >= 15 is 0 Å². The summed E-state index contributed by atoms with van der Waals surface area (Å²) < 4.78 is 5.84. The van der Waals surface area contributed by atoms with Crippen molar-refractivity contribution in [3.8, 4) is 11.5 Å². The van der Waals surface area contributed by atoms with Gasteiger partial charge >= 0.3 is 0 Å². The van der Waals surface area contributed by atoms with E-state index in [0.29, 0.717) is 17.3 Å². The zero-order valence-electron chi connectivity index (χ0n) is 14.4. The Morgan fingerprint density at radius 1 is 1.12 bits per heavy atom. The number of aldehydes is 1. The third kappa shape index (κ3) is 3.91. The van der Waals surface area contributed by atoms with Gasteiger partial charge in [0.25, 0.3) is 0 Å². The molecule has 0 aliphatic heterocycles. The highest BCUT2D eigenvalue weighted by Gasteiger charge is 2.11. The van der Waals surface area contributed by atoms with Crippen molar-refractivity contribution in [2.45, 2.75) is 26.7 Å². The Balaban J connectivity index is 1.93. The maximum atomic E-state index is 10.9. The summed E-state index contributed by atoms with van der Waals surface area (Å²) in [5.74, 6) is 0.950. The first-order valence-electron chi connectivity index (χ1n) is 8.37. The van der Waals surface area contributed by atoms with Gasteiger partial charge in [-0.15, -0.1) is 10.2 Å². The molecule has 0 atom stereocenters. The van der Waals surface area contributed by atoms with Crippen molar-refractivity contribution in [2.24, 2.45) is 0 Å². The van der Waals surface area contributed by atoms with Gasteiger partial charge in [0.15, 0.2) is 0 Å². The molecule has 3 rings (SSSR count). The number of benzene rings is 2. The predicted molar refractivity (Wildman–Crippen MR) is 99.1 cm³/mol. The Bertz CT molecular complexity index is 895. The highest BCUT2D eigenvalue weighted by Crippen LogP contribution is 2.26. The number of carbonyl (C=O) groups excluding carboxylic acids is 1. The first-order chi connectivity index (χ1) is 12.2. The van der Waals surface area contributed by atoms with Gasteiger partial charge in [-0.05, 0) is 42.2 Å². The lowest BCUT2D eigenvalue weighted by Crippen LogP contribution is -1.87. The molecule has 0 N–H and O–H groups in total. The van der Waals surface area contributed by atoms with Gasteiger partial charge in [0.1, 0.15) is 6.29 Å². The molecule has 0 radical (unpaired) electrons. The molecule has 0 aliphatic carbocycles. The van der Waals surface area contributed by atoms with E-state index in [1.807, 2.05) is 43.3 Å². The molecule has 25 heavy (non-hydrogen) atoms. The molecule has 0 aliphatic rings. The summed E-state index contributed by atoms with van der Waals surface area (Å²) in [7, 11) is 0. The number of aryl methyl sites for hydroxylation is 1. The molecule has 0 spiro atoms. The Labute approximate surface area is 147 Å². The summed E-state index contributed by atoms with van der Waals surface area (Å²) in [5.41, 5.74) is 4.74. The van der Waals surface area contributed by atoms with Crippen molar-refractivity contribution >= 4 is 17.9 Å². The molecular weight excluding hydrogens is 312 g/mol. The molecule has 0 bridgehead atoms. The lowest BCUT2D eigenvalue weighted by atomic mass is 10.0. The molecule has 0 fully saturated rings. The Kier molecular flexibility index (Phi) is 5.19. The largest absolute Gasteiger partial charge is 0.417 e.